The van der Waals surface area contributed by atoms with Crippen LogP contribution in [0, 0.1) is 0 Å². The first-order valence-corrected chi connectivity index (χ1v) is 10.8. The predicted octanol–water partition coefficient (Wildman–Crippen LogP) is 8.66. The summed E-state index contributed by atoms with van der Waals surface area (Å²) in [6.45, 7) is 0. The van der Waals surface area contributed by atoms with Crippen LogP contribution in [0.15, 0.2) is 126 Å². The van der Waals surface area contributed by atoms with E-state index in [4.69, 9.17) is 4.42 Å². The molecule has 0 amide bonds. The third-order valence-electron chi connectivity index (χ3n) is 5.87. The van der Waals surface area contributed by atoms with Crippen LogP contribution in [0.1, 0.15) is 0 Å². The van der Waals surface area contributed by atoms with E-state index in [0.29, 0.717) is 0 Å². The fourth-order valence-corrected chi connectivity index (χ4v) is 4.31. The summed E-state index contributed by atoms with van der Waals surface area (Å²) < 4.78 is 6.53. The normalized spacial score (nSPS) is 11.1. The molecule has 1 heterocycles. The summed E-state index contributed by atoms with van der Waals surface area (Å²) >= 11 is 0. The number of furan rings is 1. The summed E-state index contributed by atoms with van der Waals surface area (Å²) in [6, 6.07) is 41.9. The molecule has 0 aliphatic carbocycles. The summed E-state index contributed by atoms with van der Waals surface area (Å²) in [7, 11) is 0. The lowest BCUT2D eigenvalue weighted by Gasteiger charge is -2.08. The minimum Gasteiger partial charge on any atom is -0.455 e. The van der Waals surface area contributed by atoms with Crippen LogP contribution in [0.25, 0.3) is 44.2 Å². The summed E-state index contributed by atoms with van der Waals surface area (Å²) in [5.41, 5.74) is 8.51. The molecule has 5 aromatic carbocycles. The third kappa shape index (κ3) is 3.23. The van der Waals surface area contributed by atoms with Crippen LogP contribution in [0.4, 0.5) is 11.4 Å². The molecule has 2 heteroatoms. The molecule has 0 spiro atoms. The molecule has 0 radical (unpaired) electrons. The van der Waals surface area contributed by atoms with E-state index in [-0.39, 0.29) is 0 Å². The van der Waals surface area contributed by atoms with Crippen molar-refractivity contribution in [3.63, 3.8) is 0 Å². The maximum atomic E-state index is 6.53. The second-order valence-electron chi connectivity index (χ2n) is 7.90. The molecule has 1 N–H and O–H groups in total. The van der Waals surface area contributed by atoms with E-state index in [2.05, 4.69) is 102 Å². The van der Waals surface area contributed by atoms with E-state index >= 15 is 0 Å². The van der Waals surface area contributed by atoms with Gasteiger partial charge in [0.1, 0.15) is 11.2 Å². The molecule has 32 heavy (non-hydrogen) atoms. The SMILES string of the molecule is c1ccc(Nc2ccc(-c3cccc4c3oc3c(-c5ccccc5)cccc34)cc2)cc1. The lowest BCUT2D eigenvalue weighted by molar-refractivity contribution is 0.671. The van der Waals surface area contributed by atoms with Crippen molar-refractivity contribution >= 4 is 33.3 Å². The highest BCUT2D eigenvalue weighted by molar-refractivity contribution is 6.13. The Hall–Kier alpha value is -4.30. The van der Waals surface area contributed by atoms with Gasteiger partial charge in [-0.2, -0.15) is 0 Å². The van der Waals surface area contributed by atoms with Crippen molar-refractivity contribution in [1.82, 2.24) is 0 Å². The number of hydrogen-bond acceptors (Lipinski definition) is 2. The van der Waals surface area contributed by atoms with Crippen LogP contribution in [0.5, 0.6) is 0 Å². The van der Waals surface area contributed by atoms with Gasteiger partial charge < -0.3 is 9.73 Å². The van der Waals surface area contributed by atoms with Crippen molar-refractivity contribution in [3.05, 3.63) is 121 Å². The molecule has 0 bridgehead atoms. The lowest BCUT2D eigenvalue weighted by atomic mass is 10.00. The molecule has 1 aromatic heterocycles. The Morgan fingerprint density at radius 3 is 1.50 bits per heavy atom. The van der Waals surface area contributed by atoms with Crippen molar-refractivity contribution in [2.75, 3.05) is 5.32 Å². The largest absolute Gasteiger partial charge is 0.455 e. The first kappa shape index (κ1) is 18.5. The zero-order valence-corrected chi connectivity index (χ0v) is 17.5. The molecule has 6 rings (SSSR count). The highest BCUT2D eigenvalue weighted by Gasteiger charge is 2.15. The summed E-state index contributed by atoms with van der Waals surface area (Å²) in [5.74, 6) is 0. The number of fused-ring (bicyclic) bond motifs is 3. The Labute approximate surface area is 186 Å². The molecule has 0 atom stereocenters. The molecule has 0 saturated heterocycles. The van der Waals surface area contributed by atoms with Gasteiger partial charge in [0, 0.05) is 33.3 Å². The first-order valence-electron chi connectivity index (χ1n) is 10.8. The second kappa shape index (κ2) is 7.75. The van der Waals surface area contributed by atoms with Crippen molar-refractivity contribution < 1.29 is 4.42 Å². The molecule has 2 nitrogen and oxygen atoms in total. The van der Waals surface area contributed by atoms with Crippen LogP contribution in [-0.4, -0.2) is 0 Å². The van der Waals surface area contributed by atoms with Crippen LogP contribution in [0.3, 0.4) is 0 Å². The predicted molar refractivity (Wildman–Crippen MR) is 134 cm³/mol. The van der Waals surface area contributed by atoms with E-state index in [1.807, 2.05) is 24.3 Å². The van der Waals surface area contributed by atoms with Gasteiger partial charge in [0.25, 0.3) is 0 Å². The van der Waals surface area contributed by atoms with E-state index in [1.54, 1.807) is 0 Å². The molecule has 0 unspecified atom stereocenters. The molecular weight excluding hydrogens is 390 g/mol. The molecule has 6 aromatic rings. The van der Waals surface area contributed by atoms with E-state index in [0.717, 1.165) is 55.6 Å². The van der Waals surface area contributed by atoms with Crippen molar-refractivity contribution in [2.24, 2.45) is 0 Å². The molecular formula is C30H21NO. The first-order chi connectivity index (χ1) is 15.9. The lowest BCUT2D eigenvalue weighted by Crippen LogP contribution is -1.89. The minimum atomic E-state index is 0.926. The Kier molecular flexibility index (Phi) is 4.47. The highest BCUT2D eigenvalue weighted by Crippen LogP contribution is 2.39. The van der Waals surface area contributed by atoms with E-state index < -0.39 is 0 Å². The third-order valence-corrected chi connectivity index (χ3v) is 5.87. The van der Waals surface area contributed by atoms with Gasteiger partial charge in [0.2, 0.25) is 0 Å². The fourth-order valence-electron chi connectivity index (χ4n) is 4.31. The second-order valence-corrected chi connectivity index (χ2v) is 7.90. The number of nitrogens with one attached hydrogen (secondary N) is 1. The number of anilines is 2. The van der Waals surface area contributed by atoms with Gasteiger partial charge in [-0.3, -0.25) is 0 Å². The van der Waals surface area contributed by atoms with Gasteiger partial charge in [-0.05, 0) is 35.4 Å². The van der Waals surface area contributed by atoms with Crippen LogP contribution in [-0.2, 0) is 0 Å². The van der Waals surface area contributed by atoms with E-state index in [9.17, 15) is 0 Å². The number of para-hydroxylation sites is 3. The molecule has 152 valence electrons. The minimum absolute atomic E-state index is 0.926. The number of hydrogen-bond donors (Lipinski definition) is 1. The molecule has 0 saturated carbocycles. The Balaban J connectivity index is 1.45. The standard InChI is InChI=1S/C30H21NO/c1-3-9-21(10-4-1)25-13-7-15-27-28-16-8-14-26(30(28)32-29(25)27)22-17-19-24(20-18-22)31-23-11-5-2-6-12-23/h1-20,31H. The Bertz CT molecular complexity index is 1510. The Morgan fingerprint density at radius 1 is 0.406 bits per heavy atom. The molecule has 0 aliphatic rings. The quantitative estimate of drug-likeness (QED) is 0.314. The van der Waals surface area contributed by atoms with Crippen molar-refractivity contribution in [2.45, 2.75) is 0 Å². The maximum Gasteiger partial charge on any atom is 0.143 e. The van der Waals surface area contributed by atoms with Crippen molar-refractivity contribution in [3.8, 4) is 22.3 Å². The van der Waals surface area contributed by atoms with Crippen LogP contribution < -0.4 is 5.32 Å². The molecule has 0 fully saturated rings. The summed E-state index contributed by atoms with van der Waals surface area (Å²) in [4.78, 5) is 0. The van der Waals surface area contributed by atoms with Gasteiger partial charge in [-0.1, -0.05) is 97.1 Å². The monoisotopic (exact) mass is 411 g/mol. The average molecular weight is 412 g/mol. The smallest absolute Gasteiger partial charge is 0.143 e. The summed E-state index contributed by atoms with van der Waals surface area (Å²) in [6.07, 6.45) is 0. The van der Waals surface area contributed by atoms with Crippen molar-refractivity contribution in [1.29, 1.82) is 0 Å². The number of rotatable bonds is 4. The van der Waals surface area contributed by atoms with E-state index in [1.165, 1.54) is 0 Å². The molecule has 0 aliphatic heterocycles. The van der Waals surface area contributed by atoms with Gasteiger partial charge in [0.05, 0.1) is 0 Å². The highest BCUT2D eigenvalue weighted by atomic mass is 16.3. The zero-order chi connectivity index (χ0) is 21.3. The average Bonchev–Trinajstić information content (AvgIpc) is 3.25. The van der Waals surface area contributed by atoms with Crippen LogP contribution in [0.2, 0.25) is 0 Å². The van der Waals surface area contributed by atoms with Gasteiger partial charge in [-0.25, -0.2) is 0 Å². The van der Waals surface area contributed by atoms with Gasteiger partial charge >= 0.3 is 0 Å². The van der Waals surface area contributed by atoms with Crippen LogP contribution >= 0.6 is 0 Å². The fraction of sp³-hybridized carbons (Fsp3) is 0. The number of benzene rings is 5. The summed E-state index contributed by atoms with van der Waals surface area (Å²) in [5, 5.41) is 5.73. The Morgan fingerprint density at radius 2 is 0.906 bits per heavy atom. The topological polar surface area (TPSA) is 25.2 Å². The zero-order valence-electron chi connectivity index (χ0n) is 17.5. The van der Waals surface area contributed by atoms with Gasteiger partial charge in [-0.15, -0.1) is 0 Å². The van der Waals surface area contributed by atoms with Gasteiger partial charge in [0.15, 0.2) is 0 Å². The maximum absolute atomic E-state index is 6.53.